The minimum atomic E-state index is -0.152. The Morgan fingerprint density at radius 3 is 3.08 bits per heavy atom. The fraction of sp³-hybridized carbons (Fsp3) is 0.353. The Kier molecular flexibility index (Phi) is 3.76. The second kappa shape index (κ2) is 6.07. The van der Waals surface area contributed by atoms with Gasteiger partial charge in [-0.1, -0.05) is 12.1 Å². The maximum absolute atomic E-state index is 13.9. The summed E-state index contributed by atoms with van der Waals surface area (Å²) in [5, 5.41) is 15.8. The summed E-state index contributed by atoms with van der Waals surface area (Å²) in [6.45, 7) is 4.49. The van der Waals surface area contributed by atoms with Crippen LogP contribution in [0.2, 0.25) is 0 Å². The number of nitrogens with one attached hydrogen (secondary N) is 1. The highest BCUT2D eigenvalue weighted by Crippen LogP contribution is 2.26. The van der Waals surface area contributed by atoms with Gasteiger partial charge < -0.3 is 10.2 Å². The molecule has 3 aromatic rings. The number of fused-ring (bicyclic) bond motifs is 1. The van der Waals surface area contributed by atoms with E-state index in [0.29, 0.717) is 11.6 Å². The lowest BCUT2D eigenvalue weighted by Crippen LogP contribution is -2.23. The number of aromatic nitrogens is 4. The highest BCUT2D eigenvalue weighted by atomic mass is 19.1. The predicted octanol–water partition coefficient (Wildman–Crippen LogP) is 2.51. The Morgan fingerprint density at radius 1 is 1.33 bits per heavy atom. The van der Waals surface area contributed by atoms with E-state index in [1.54, 1.807) is 16.9 Å². The van der Waals surface area contributed by atoms with E-state index in [4.69, 9.17) is 0 Å². The average Bonchev–Trinajstić information content (AvgIpc) is 3.22. The van der Waals surface area contributed by atoms with Crippen LogP contribution in [0.3, 0.4) is 0 Å². The van der Waals surface area contributed by atoms with Crippen molar-refractivity contribution in [2.45, 2.75) is 13.3 Å². The van der Waals surface area contributed by atoms with Gasteiger partial charge >= 0.3 is 0 Å². The highest BCUT2D eigenvalue weighted by Gasteiger charge is 2.24. The number of anilines is 2. The third-order valence-corrected chi connectivity index (χ3v) is 4.45. The zero-order valence-electron chi connectivity index (χ0n) is 13.5. The van der Waals surface area contributed by atoms with Gasteiger partial charge in [0.05, 0.1) is 17.1 Å². The normalized spacial score (nSPS) is 17.6. The number of nitrogens with zero attached hydrogens (tertiary/aromatic N) is 5. The molecular formula is C17H19FN6. The largest absolute Gasteiger partial charge is 0.382 e. The maximum Gasteiger partial charge on any atom is 0.200 e. The van der Waals surface area contributed by atoms with E-state index in [1.165, 1.54) is 6.07 Å². The quantitative estimate of drug-likeness (QED) is 0.798. The molecular weight excluding hydrogens is 307 g/mol. The second-order valence-corrected chi connectivity index (χ2v) is 6.23. The molecule has 1 saturated heterocycles. The van der Waals surface area contributed by atoms with Crippen LogP contribution in [0.5, 0.6) is 0 Å². The first-order valence-corrected chi connectivity index (χ1v) is 8.12. The summed E-state index contributed by atoms with van der Waals surface area (Å²) in [6, 6.07) is 8.95. The minimum absolute atomic E-state index is 0.152. The Hall–Kier alpha value is -2.70. The van der Waals surface area contributed by atoms with Crippen molar-refractivity contribution in [3.05, 3.63) is 48.2 Å². The molecule has 4 rings (SSSR count). The Labute approximate surface area is 139 Å². The van der Waals surface area contributed by atoms with Crippen LogP contribution >= 0.6 is 0 Å². The van der Waals surface area contributed by atoms with Crippen molar-refractivity contribution >= 4 is 17.0 Å². The van der Waals surface area contributed by atoms with E-state index >= 15 is 0 Å². The molecule has 1 aliphatic heterocycles. The van der Waals surface area contributed by atoms with Gasteiger partial charge in [0.25, 0.3) is 0 Å². The van der Waals surface area contributed by atoms with Crippen molar-refractivity contribution in [1.29, 1.82) is 0 Å². The van der Waals surface area contributed by atoms with Gasteiger partial charge in [0, 0.05) is 19.6 Å². The van der Waals surface area contributed by atoms with Crippen molar-refractivity contribution in [3.8, 4) is 0 Å². The SMILES string of the molecule is Cc1cc(NCC2CCN(c3ccccc3F)C2)c2nncn2n1. The molecule has 0 bridgehead atoms. The average molecular weight is 326 g/mol. The van der Waals surface area contributed by atoms with Crippen LogP contribution in [0.1, 0.15) is 12.1 Å². The van der Waals surface area contributed by atoms with E-state index in [1.807, 2.05) is 25.1 Å². The van der Waals surface area contributed by atoms with Gasteiger partial charge in [0.1, 0.15) is 12.1 Å². The van der Waals surface area contributed by atoms with Crippen molar-refractivity contribution in [1.82, 2.24) is 19.8 Å². The van der Waals surface area contributed by atoms with Gasteiger partial charge in [-0.05, 0) is 37.5 Å². The Bertz CT molecular complexity index is 861. The molecule has 1 aromatic carbocycles. The van der Waals surface area contributed by atoms with Gasteiger partial charge in [-0.15, -0.1) is 10.2 Å². The second-order valence-electron chi connectivity index (χ2n) is 6.23. The van der Waals surface area contributed by atoms with Crippen LogP contribution in [0, 0.1) is 18.7 Å². The first-order valence-electron chi connectivity index (χ1n) is 8.12. The summed E-state index contributed by atoms with van der Waals surface area (Å²) in [4.78, 5) is 2.12. The van der Waals surface area contributed by atoms with E-state index in [0.717, 1.165) is 43.1 Å². The molecule has 0 aliphatic carbocycles. The van der Waals surface area contributed by atoms with Crippen molar-refractivity contribution in [2.75, 3.05) is 29.9 Å². The number of benzene rings is 1. The van der Waals surface area contributed by atoms with Crippen LogP contribution in [0.4, 0.5) is 15.8 Å². The first kappa shape index (κ1) is 14.9. The van der Waals surface area contributed by atoms with E-state index in [9.17, 15) is 4.39 Å². The zero-order chi connectivity index (χ0) is 16.5. The summed E-state index contributed by atoms with van der Waals surface area (Å²) >= 11 is 0. The number of rotatable bonds is 4. The predicted molar refractivity (Wildman–Crippen MR) is 90.7 cm³/mol. The van der Waals surface area contributed by atoms with Gasteiger partial charge in [-0.25, -0.2) is 4.39 Å². The van der Waals surface area contributed by atoms with Crippen molar-refractivity contribution < 1.29 is 4.39 Å². The summed E-state index contributed by atoms with van der Waals surface area (Å²) in [5.74, 6) is 0.307. The lowest BCUT2D eigenvalue weighted by molar-refractivity contribution is 0.611. The van der Waals surface area contributed by atoms with Crippen molar-refractivity contribution in [2.24, 2.45) is 5.92 Å². The number of hydrogen-bond acceptors (Lipinski definition) is 5. The molecule has 1 aliphatic rings. The molecule has 0 amide bonds. The molecule has 1 N–H and O–H groups in total. The molecule has 0 radical (unpaired) electrons. The summed E-state index contributed by atoms with van der Waals surface area (Å²) < 4.78 is 15.6. The third-order valence-electron chi connectivity index (χ3n) is 4.45. The molecule has 1 unspecified atom stereocenters. The van der Waals surface area contributed by atoms with Gasteiger partial charge in [0.2, 0.25) is 5.65 Å². The summed E-state index contributed by atoms with van der Waals surface area (Å²) in [5.41, 5.74) is 3.26. The molecule has 0 spiro atoms. The fourth-order valence-electron chi connectivity index (χ4n) is 3.26. The van der Waals surface area contributed by atoms with E-state index in [2.05, 4.69) is 25.5 Å². The Balaban J connectivity index is 1.44. The monoisotopic (exact) mass is 326 g/mol. The summed E-state index contributed by atoms with van der Waals surface area (Å²) in [7, 11) is 0. The molecule has 24 heavy (non-hydrogen) atoms. The number of para-hydroxylation sites is 1. The molecule has 7 heteroatoms. The lowest BCUT2D eigenvalue weighted by atomic mass is 10.1. The molecule has 1 fully saturated rings. The number of halogens is 1. The molecule has 1 atom stereocenters. The lowest BCUT2D eigenvalue weighted by Gasteiger charge is -2.19. The molecule has 6 nitrogen and oxygen atoms in total. The minimum Gasteiger partial charge on any atom is -0.382 e. The topological polar surface area (TPSA) is 58.3 Å². The molecule has 0 saturated carbocycles. The highest BCUT2D eigenvalue weighted by molar-refractivity contribution is 5.66. The number of hydrogen-bond donors (Lipinski definition) is 1. The number of aryl methyl sites for hydroxylation is 1. The maximum atomic E-state index is 13.9. The first-order chi connectivity index (χ1) is 11.7. The Morgan fingerprint density at radius 2 is 2.21 bits per heavy atom. The standard InChI is InChI=1S/C17H19FN6/c1-12-8-15(17-21-20-11-24(17)22-12)19-9-13-6-7-23(10-13)16-5-3-2-4-14(16)18/h2-5,8,11,13,19H,6-7,9-10H2,1H3. The zero-order valence-corrected chi connectivity index (χ0v) is 13.5. The van der Waals surface area contributed by atoms with Crippen molar-refractivity contribution in [3.63, 3.8) is 0 Å². The molecule has 3 heterocycles. The van der Waals surface area contributed by atoms with Crippen LogP contribution in [0.25, 0.3) is 5.65 Å². The van der Waals surface area contributed by atoms with Gasteiger partial charge in [0.15, 0.2) is 0 Å². The smallest absolute Gasteiger partial charge is 0.200 e. The van der Waals surface area contributed by atoms with Crippen LogP contribution in [0.15, 0.2) is 36.7 Å². The van der Waals surface area contributed by atoms with E-state index < -0.39 is 0 Å². The van der Waals surface area contributed by atoms with Crippen LogP contribution in [-0.2, 0) is 0 Å². The fourth-order valence-corrected chi connectivity index (χ4v) is 3.26. The van der Waals surface area contributed by atoms with Crippen LogP contribution < -0.4 is 10.2 Å². The molecule has 2 aromatic heterocycles. The third kappa shape index (κ3) is 2.77. The summed E-state index contributed by atoms with van der Waals surface area (Å²) in [6.07, 6.45) is 2.64. The van der Waals surface area contributed by atoms with E-state index in [-0.39, 0.29) is 5.82 Å². The van der Waals surface area contributed by atoms with Gasteiger partial charge in [-0.3, -0.25) is 0 Å². The van der Waals surface area contributed by atoms with Gasteiger partial charge in [-0.2, -0.15) is 9.61 Å². The molecule has 124 valence electrons. The van der Waals surface area contributed by atoms with Crippen LogP contribution in [-0.4, -0.2) is 39.4 Å².